The highest BCUT2D eigenvalue weighted by Crippen LogP contribution is 2.44. The average molecular weight is 447 g/mol. The van der Waals surface area contributed by atoms with Crippen LogP contribution in [0.15, 0.2) is 48.5 Å². The fraction of sp³-hybridized carbons (Fsp3) is 0.348. The number of rotatable bonds is 9. The van der Waals surface area contributed by atoms with Gasteiger partial charge in [-0.15, -0.1) is 0 Å². The lowest BCUT2D eigenvalue weighted by Gasteiger charge is -2.19. The summed E-state index contributed by atoms with van der Waals surface area (Å²) in [6, 6.07) is 14.1. The van der Waals surface area contributed by atoms with Gasteiger partial charge < -0.3 is 19.7 Å². The number of aliphatic carboxylic acids is 1. The van der Waals surface area contributed by atoms with E-state index in [-0.39, 0.29) is 24.4 Å². The van der Waals surface area contributed by atoms with Crippen molar-refractivity contribution in [2.24, 2.45) is 0 Å². The molecule has 1 aromatic heterocycles. The maximum absolute atomic E-state index is 13.5. The molecule has 166 valence electrons. The van der Waals surface area contributed by atoms with E-state index in [0.29, 0.717) is 0 Å². The number of aliphatic hydroxyl groups excluding tert-OH is 1. The molecule has 1 heterocycles. The van der Waals surface area contributed by atoms with Gasteiger partial charge >= 0.3 is 5.97 Å². The largest absolute Gasteiger partial charge is 0.481 e. The summed E-state index contributed by atoms with van der Waals surface area (Å²) < 4.78 is 28.4. The van der Waals surface area contributed by atoms with Crippen molar-refractivity contribution in [3.05, 3.63) is 60.0 Å². The molecule has 0 bridgehead atoms. The van der Waals surface area contributed by atoms with Crippen LogP contribution in [-0.4, -0.2) is 44.1 Å². The normalized spacial score (nSPS) is 14.6. The Morgan fingerprint density at radius 3 is 2.39 bits per heavy atom. The van der Waals surface area contributed by atoms with E-state index in [1.54, 1.807) is 12.1 Å². The minimum Gasteiger partial charge on any atom is -0.481 e. The van der Waals surface area contributed by atoms with E-state index in [9.17, 15) is 23.7 Å². The first-order chi connectivity index (χ1) is 14.6. The maximum atomic E-state index is 13.5. The number of aliphatic hydroxyl groups is 1. The van der Waals surface area contributed by atoms with Crippen molar-refractivity contribution in [2.75, 3.05) is 12.3 Å². The van der Waals surface area contributed by atoms with E-state index in [2.05, 4.69) is 4.57 Å². The molecule has 2 unspecified atom stereocenters. The van der Waals surface area contributed by atoms with Gasteiger partial charge in [0.1, 0.15) is 5.82 Å². The highest BCUT2D eigenvalue weighted by molar-refractivity contribution is 7.58. The summed E-state index contributed by atoms with van der Waals surface area (Å²) in [5, 5.41) is 19.6. The highest BCUT2D eigenvalue weighted by Gasteiger charge is 2.27. The molecule has 3 aromatic rings. The number of hydrogen-bond acceptors (Lipinski definition) is 3. The second-order valence-electron chi connectivity index (χ2n) is 8.06. The van der Waals surface area contributed by atoms with Crippen LogP contribution in [0.1, 0.15) is 32.0 Å². The van der Waals surface area contributed by atoms with E-state index in [1.165, 1.54) is 12.1 Å². The van der Waals surface area contributed by atoms with E-state index in [0.717, 1.165) is 27.7 Å². The topological polar surface area (TPSA) is 99.8 Å². The Labute approximate surface area is 180 Å². The number of carboxylic acids is 1. The molecule has 0 aliphatic rings. The molecule has 6 nitrogen and oxygen atoms in total. The molecule has 2 atom stereocenters. The standard InChI is InChI=1S/C23H27FNO5P/c1-15(2)25-20-6-4-3-5-19(20)23(16-7-9-17(24)10-8-16)21(25)11-12-31(29,30)14-18(26)13-22(27)28/h3-10,15,18,26H,11-14H2,1-2H3,(H,27,28)(H,29,30). The summed E-state index contributed by atoms with van der Waals surface area (Å²) in [5.41, 5.74) is 3.52. The van der Waals surface area contributed by atoms with Crippen molar-refractivity contribution >= 4 is 24.2 Å². The molecule has 0 amide bonds. The molecule has 0 spiro atoms. The summed E-state index contributed by atoms with van der Waals surface area (Å²) in [6.45, 7) is 4.05. The third-order valence-corrected chi connectivity index (χ3v) is 7.18. The second kappa shape index (κ2) is 9.35. The Bertz CT molecular complexity index is 1120. The maximum Gasteiger partial charge on any atom is 0.305 e. The van der Waals surface area contributed by atoms with E-state index >= 15 is 0 Å². The van der Waals surface area contributed by atoms with Gasteiger partial charge in [-0.05, 0) is 44.0 Å². The Morgan fingerprint density at radius 1 is 1.13 bits per heavy atom. The summed E-state index contributed by atoms with van der Waals surface area (Å²) >= 11 is 0. The lowest BCUT2D eigenvalue weighted by Crippen LogP contribution is -2.19. The fourth-order valence-electron chi connectivity index (χ4n) is 4.06. The molecule has 3 rings (SSSR count). The summed E-state index contributed by atoms with van der Waals surface area (Å²) in [4.78, 5) is 21.2. The zero-order valence-electron chi connectivity index (χ0n) is 17.5. The van der Waals surface area contributed by atoms with Crippen LogP contribution in [-0.2, 0) is 15.8 Å². The van der Waals surface area contributed by atoms with Crippen LogP contribution in [0.25, 0.3) is 22.0 Å². The van der Waals surface area contributed by atoms with Gasteiger partial charge in [-0.25, -0.2) is 4.39 Å². The van der Waals surface area contributed by atoms with Crippen LogP contribution in [0, 0.1) is 5.82 Å². The van der Waals surface area contributed by atoms with E-state index in [1.807, 2.05) is 38.1 Å². The van der Waals surface area contributed by atoms with Crippen LogP contribution >= 0.6 is 7.37 Å². The highest BCUT2D eigenvalue weighted by atomic mass is 31.2. The van der Waals surface area contributed by atoms with Crippen LogP contribution < -0.4 is 0 Å². The molecule has 0 saturated carbocycles. The Hall–Kier alpha value is -2.47. The monoisotopic (exact) mass is 447 g/mol. The molecule has 0 saturated heterocycles. The van der Waals surface area contributed by atoms with Gasteiger partial charge in [-0.1, -0.05) is 30.3 Å². The number of nitrogens with zero attached hydrogens (tertiary/aromatic N) is 1. The van der Waals surface area contributed by atoms with Crippen LogP contribution in [0.5, 0.6) is 0 Å². The van der Waals surface area contributed by atoms with Crippen LogP contribution in [0.4, 0.5) is 4.39 Å². The number of fused-ring (bicyclic) bond motifs is 1. The van der Waals surface area contributed by atoms with Gasteiger partial charge in [0, 0.05) is 34.4 Å². The minimum atomic E-state index is -3.77. The number of halogens is 1. The fourth-order valence-corrected chi connectivity index (χ4v) is 5.59. The number of hydrogen-bond donors (Lipinski definition) is 3. The van der Waals surface area contributed by atoms with Crippen molar-refractivity contribution in [3.8, 4) is 11.1 Å². The molecular weight excluding hydrogens is 420 g/mol. The smallest absolute Gasteiger partial charge is 0.305 e. The number of benzene rings is 2. The minimum absolute atomic E-state index is 0.0739. The van der Waals surface area contributed by atoms with Gasteiger partial charge in [0.25, 0.3) is 0 Å². The van der Waals surface area contributed by atoms with Gasteiger partial charge in [0.05, 0.1) is 18.7 Å². The Balaban J connectivity index is 2.03. The SMILES string of the molecule is CC(C)n1c(CCP(=O)(O)CC(O)CC(=O)O)c(-c2ccc(F)cc2)c2ccccc21. The van der Waals surface area contributed by atoms with E-state index in [4.69, 9.17) is 5.11 Å². The van der Waals surface area contributed by atoms with Crippen molar-refractivity contribution < 1.29 is 28.9 Å². The first-order valence-corrected chi connectivity index (χ1v) is 12.2. The number of carboxylic acid groups (broad SMARTS) is 1. The first kappa shape index (κ1) is 23.2. The van der Waals surface area contributed by atoms with Crippen LogP contribution in [0.2, 0.25) is 0 Å². The van der Waals surface area contributed by atoms with Gasteiger partial charge in [-0.2, -0.15) is 0 Å². The molecular formula is C23H27FNO5P. The Kier molecular flexibility index (Phi) is 6.99. The molecule has 3 N–H and O–H groups in total. The lowest BCUT2D eigenvalue weighted by atomic mass is 10.0. The number of aromatic nitrogens is 1. The molecule has 0 aliphatic heterocycles. The van der Waals surface area contributed by atoms with E-state index < -0.39 is 32.0 Å². The summed E-state index contributed by atoms with van der Waals surface area (Å²) in [6.07, 6.45) is -2.25. The van der Waals surface area contributed by atoms with Gasteiger partial charge in [0.2, 0.25) is 7.37 Å². The average Bonchev–Trinajstić information content (AvgIpc) is 3.00. The van der Waals surface area contributed by atoms with Crippen molar-refractivity contribution in [1.82, 2.24) is 4.57 Å². The molecule has 0 aliphatic carbocycles. The predicted molar refractivity (Wildman–Crippen MR) is 119 cm³/mol. The summed E-state index contributed by atoms with van der Waals surface area (Å²) in [5.74, 6) is -1.56. The second-order valence-corrected chi connectivity index (χ2v) is 10.6. The van der Waals surface area contributed by atoms with Crippen molar-refractivity contribution in [1.29, 1.82) is 0 Å². The molecule has 0 radical (unpaired) electrons. The number of para-hydroxylation sites is 1. The third kappa shape index (κ3) is 5.42. The van der Waals surface area contributed by atoms with Crippen molar-refractivity contribution in [2.45, 2.75) is 38.8 Å². The lowest BCUT2D eigenvalue weighted by molar-refractivity contribution is -0.138. The predicted octanol–water partition coefficient (Wildman–Crippen LogP) is 4.68. The van der Waals surface area contributed by atoms with Gasteiger partial charge in [0.15, 0.2) is 0 Å². The van der Waals surface area contributed by atoms with Crippen LogP contribution in [0.3, 0.4) is 0 Å². The molecule has 8 heteroatoms. The first-order valence-electron chi connectivity index (χ1n) is 10.2. The molecule has 31 heavy (non-hydrogen) atoms. The van der Waals surface area contributed by atoms with Crippen molar-refractivity contribution in [3.63, 3.8) is 0 Å². The molecule has 0 fully saturated rings. The Morgan fingerprint density at radius 2 is 1.77 bits per heavy atom. The summed E-state index contributed by atoms with van der Waals surface area (Å²) in [7, 11) is -3.77. The number of carbonyl (C=O) groups is 1. The zero-order chi connectivity index (χ0) is 22.8. The molecule has 2 aromatic carbocycles. The quantitative estimate of drug-likeness (QED) is 0.414. The zero-order valence-corrected chi connectivity index (χ0v) is 18.4. The van der Waals surface area contributed by atoms with Gasteiger partial charge in [-0.3, -0.25) is 9.36 Å². The third-order valence-electron chi connectivity index (χ3n) is 5.27.